The molecule has 1 heterocycles. The molecule has 1 aliphatic carbocycles. The highest BCUT2D eigenvalue weighted by Crippen LogP contribution is 2.48. The molecule has 2 aliphatic rings. The van der Waals surface area contributed by atoms with E-state index >= 15 is 0 Å². The highest BCUT2D eigenvalue weighted by atomic mass is 32.2. The second kappa shape index (κ2) is 7.17. The number of sulfonamides is 1. The van der Waals surface area contributed by atoms with Crippen molar-refractivity contribution < 1.29 is 23.1 Å². The summed E-state index contributed by atoms with van der Waals surface area (Å²) in [5.74, 6) is 0.187. The smallest absolute Gasteiger partial charge is 0.311 e. The Morgan fingerprint density at radius 1 is 1.35 bits per heavy atom. The number of fused-ring (bicyclic) bond motifs is 1. The Hall–Kier alpha value is -1.64. The number of ether oxygens (including phenoxy) is 1. The number of benzene rings is 1. The lowest BCUT2D eigenvalue weighted by atomic mass is 9.81. The van der Waals surface area contributed by atoms with Gasteiger partial charge in [-0.05, 0) is 43.0 Å². The van der Waals surface area contributed by atoms with E-state index in [-0.39, 0.29) is 10.8 Å². The summed E-state index contributed by atoms with van der Waals surface area (Å²) in [6, 6.07) is 6.36. The van der Waals surface area contributed by atoms with Crippen molar-refractivity contribution in [1.82, 2.24) is 9.21 Å². The van der Waals surface area contributed by atoms with Crippen LogP contribution in [-0.4, -0.2) is 69.0 Å². The number of hydrogen-bond acceptors (Lipinski definition) is 5. The molecule has 8 heteroatoms. The first-order valence-corrected chi connectivity index (χ1v) is 10.3. The van der Waals surface area contributed by atoms with Crippen molar-refractivity contribution in [3.63, 3.8) is 0 Å². The van der Waals surface area contributed by atoms with Crippen molar-refractivity contribution >= 4 is 16.0 Å². The highest BCUT2D eigenvalue weighted by molar-refractivity contribution is 7.89. The third-order valence-electron chi connectivity index (χ3n) is 5.65. The molecule has 0 unspecified atom stereocenters. The molecule has 0 amide bonds. The number of rotatable bonds is 7. The molecular formula is C18H26N2O5S. The number of carboxylic acids is 1. The molecule has 0 spiro atoms. The number of carboxylic acid groups (broad SMARTS) is 1. The fourth-order valence-corrected chi connectivity index (χ4v) is 5.03. The van der Waals surface area contributed by atoms with E-state index in [2.05, 4.69) is 4.90 Å². The van der Waals surface area contributed by atoms with Crippen LogP contribution in [0.4, 0.5) is 0 Å². The predicted octanol–water partition coefficient (Wildman–Crippen LogP) is 1.50. The van der Waals surface area contributed by atoms with Gasteiger partial charge in [0.25, 0.3) is 0 Å². The molecule has 7 nitrogen and oxygen atoms in total. The standard InChI is InChI=1S/C18H26N2O5S/c1-19(2)26(23,24)16-7-5-15(6-8-16)25-11-10-20-12-14-4-3-9-18(14,13-20)17(21)22/h5-8,14H,3-4,9-13H2,1-2H3,(H,21,22)/t14-,18+/m0/s1. The molecule has 1 saturated heterocycles. The minimum atomic E-state index is -3.44. The Morgan fingerprint density at radius 3 is 2.62 bits per heavy atom. The molecule has 26 heavy (non-hydrogen) atoms. The lowest BCUT2D eigenvalue weighted by Crippen LogP contribution is -2.36. The third-order valence-corrected chi connectivity index (χ3v) is 7.48. The van der Waals surface area contributed by atoms with Crippen molar-refractivity contribution in [1.29, 1.82) is 0 Å². The maximum atomic E-state index is 12.0. The largest absolute Gasteiger partial charge is 0.492 e. The Balaban J connectivity index is 1.53. The van der Waals surface area contributed by atoms with E-state index in [9.17, 15) is 18.3 Å². The van der Waals surface area contributed by atoms with Crippen molar-refractivity contribution in [2.45, 2.75) is 24.2 Å². The molecule has 2 atom stereocenters. The van der Waals surface area contributed by atoms with E-state index < -0.39 is 21.4 Å². The monoisotopic (exact) mass is 382 g/mol. The lowest BCUT2D eigenvalue weighted by molar-refractivity contribution is -0.149. The number of likely N-dealkylation sites (tertiary alicyclic amines) is 1. The average molecular weight is 382 g/mol. The second-order valence-electron chi connectivity index (χ2n) is 7.39. The number of aliphatic carboxylic acids is 1. The maximum absolute atomic E-state index is 12.0. The molecule has 2 fully saturated rings. The van der Waals surface area contributed by atoms with E-state index in [4.69, 9.17) is 4.74 Å². The van der Waals surface area contributed by atoms with Crippen LogP contribution in [0.1, 0.15) is 19.3 Å². The molecule has 0 bridgehead atoms. The SMILES string of the molecule is CN(C)S(=O)(=O)c1ccc(OCCN2C[C@@H]3CCC[C@@]3(C(=O)O)C2)cc1. The van der Waals surface area contributed by atoms with Crippen LogP contribution in [0.2, 0.25) is 0 Å². The van der Waals surface area contributed by atoms with Gasteiger partial charge in [-0.25, -0.2) is 12.7 Å². The van der Waals surface area contributed by atoms with Gasteiger partial charge in [-0.1, -0.05) is 6.42 Å². The zero-order chi connectivity index (χ0) is 18.9. The molecule has 1 saturated carbocycles. The van der Waals surface area contributed by atoms with Crippen LogP contribution in [0.15, 0.2) is 29.2 Å². The first-order valence-electron chi connectivity index (χ1n) is 8.87. The topological polar surface area (TPSA) is 87.2 Å². The summed E-state index contributed by atoms with van der Waals surface area (Å²) in [6.07, 6.45) is 2.77. The summed E-state index contributed by atoms with van der Waals surface area (Å²) in [5.41, 5.74) is -0.567. The van der Waals surface area contributed by atoms with Gasteiger partial charge in [-0.3, -0.25) is 9.69 Å². The first kappa shape index (κ1) is 19.1. The summed E-state index contributed by atoms with van der Waals surface area (Å²) >= 11 is 0. The summed E-state index contributed by atoms with van der Waals surface area (Å²) in [4.78, 5) is 14.1. The number of nitrogens with zero attached hydrogens (tertiary/aromatic N) is 2. The van der Waals surface area contributed by atoms with Crippen molar-refractivity contribution in [3.8, 4) is 5.75 Å². The van der Waals surface area contributed by atoms with Crippen LogP contribution in [0.3, 0.4) is 0 Å². The Labute approximate surface area is 154 Å². The molecule has 144 valence electrons. The van der Waals surface area contributed by atoms with E-state index in [0.29, 0.717) is 25.4 Å². The molecule has 1 aromatic carbocycles. The second-order valence-corrected chi connectivity index (χ2v) is 9.54. The molecular weight excluding hydrogens is 356 g/mol. The first-order chi connectivity index (χ1) is 12.3. The van der Waals surface area contributed by atoms with Gasteiger partial charge in [-0.15, -0.1) is 0 Å². The third kappa shape index (κ3) is 3.45. The normalized spacial score (nSPS) is 26.2. The molecule has 1 aliphatic heterocycles. The maximum Gasteiger partial charge on any atom is 0.311 e. The van der Waals surface area contributed by atoms with E-state index in [0.717, 1.165) is 25.8 Å². The average Bonchev–Trinajstić information content (AvgIpc) is 3.13. The van der Waals surface area contributed by atoms with Gasteiger partial charge in [0.15, 0.2) is 0 Å². The van der Waals surface area contributed by atoms with Crippen molar-refractivity contribution in [2.24, 2.45) is 11.3 Å². The lowest BCUT2D eigenvalue weighted by Gasteiger charge is -2.23. The zero-order valence-corrected chi connectivity index (χ0v) is 16.0. The van der Waals surface area contributed by atoms with Gasteiger partial charge in [0, 0.05) is 33.7 Å². The summed E-state index contributed by atoms with van der Waals surface area (Å²) in [6.45, 7) is 2.53. The fraction of sp³-hybridized carbons (Fsp3) is 0.611. The molecule has 1 aromatic rings. The van der Waals surface area contributed by atoms with Crippen LogP contribution in [0.25, 0.3) is 0 Å². The van der Waals surface area contributed by atoms with E-state index in [1.165, 1.54) is 30.5 Å². The quantitative estimate of drug-likeness (QED) is 0.769. The van der Waals surface area contributed by atoms with Crippen LogP contribution in [0, 0.1) is 11.3 Å². The fourth-order valence-electron chi connectivity index (χ4n) is 4.12. The molecule has 0 aromatic heterocycles. The minimum Gasteiger partial charge on any atom is -0.492 e. The molecule has 0 radical (unpaired) electrons. The van der Waals surface area contributed by atoms with Gasteiger partial charge in [-0.2, -0.15) is 0 Å². The van der Waals surface area contributed by atoms with Crippen molar-refractivity contribution in [3.05, 3.63) is 24.3 Å². The number of carbonyl (C=O) groups is 1. The van der Waals surface area contributed by atoms with Gasteiger partial charge in [0.2, 0.25) is 10.0 Å². The Kier molecular flexibility index (Phi) is 5.28. The van der Waals surface area contributed by atoms with Gasteiger partial charge in [0.05, 0.1) is 10.3 Å². The van der Waals surface area contributed by atoms with Gasteiger partial charge < -0.3 is 9.84 Å². The van der Waals surface area contributed by atoms with Crippen LogP contribution >= 0.6 is 0 Å². The zero-order valence-electron chi connectivity index (χ0n) is 15.2. The van der Waals surface area contributed by atoms with Crippen LogP contribution < -0.4 is 4.74 Å². The van der Waals surface area contributed by atoms with Gasteiger partial charge in [0.1, 0.15) is 12.4 Å². The van der Waals surface area contributed by atoms with Crippen LogP contribution in [0.5, 0.6) is 5.75 Å². The van der Waals surface area contributed by atoms with Crippen LogP contribution in [-0.2, 0) is 14.8 Å². The van der Waals surface area contributed by atoms with E-state index in [1.54, 1.807) is 12.1 Å². The predicted molar refractivity (Wildman–Crippen MR) is 96.7 cm³/mol. The Bertz CT molecular complexity index is 762. The summed E-state index contributed by atoms with van der Waals surface area (Å²) < 4.78 is 31.0. The molecule has 1 N–H and O–H groups in total. The van der Waals surface area contributed by atoms with Crippen molar-refractivity contribution in [2.75, 3.05) is 40.3 Å². The highest BCUT2D eigenvalue weighted by Gasteiger charge is 2.54. The number of hydrogen-bond donors (Lipinski definition) is 1. The summed E-state index contributed by atoms with van der Waals surface area (Å²) in [5, 5.41) is 9.62. The Morgan fingerprint density at radius 2 is 2.04 bits per heavy atom. The summed E-state index contributed by atoms with van der Waals surface area (Å²) in [7, 11) is -0.447. The minimum absolute atomic E-state index is 0.227. The molecule has 3 rings (SSSR count). The van der Waals surface area contributed by atoms with E-state index in [1.807, 2.05) is 0 Å². The van der Waals surface area contributed by atoms with Gasteiger partial charge >= 0.3 is 5.97 Å².